The summed E-state index contributed by atoms with van der Waals surface area (Å²) in [5.41, 5.74) is 0. The predicted molar refractivity (Wildman–Crippen MR) is 74.7 cm³/mol. The van der Waals surface area contributed by atoms with Crippen LogP contribution < -0.4 is 20.1 Å². The fourth-order valence-electron chi connectivity index (χ4n) is 1.36. The van der Waals surface area contributed by atoms with Crippen LogP contribution in [0.4, 0.5) is 0 Å². The minimum atomic E-state index is -0.385. The van der Waals surface area contributed by atoms with E-state index >= 15 is 0 Å². The molecule has 0 aromatic heterocycles. The van der Waals surface area contributed by atoms with E-state index in [1.165, 1.54) is 7.11 Å². The molecule has 0 aliphatic carbocycles. The number of hydrogen-bond donors (Lipinski definition) is 2. The van der Waals surface area contributed by atoms with Crippen LogP contribution in [0, 0.1) is 0 Å². The molecule has 0 aliphatic heterocycles. The van der Waals surface area contributed by atoms with Crippen molar-refractivity contribution in [2.75, 3.05) is 26.8 Å². The standard InChI is InChI=1S/C14H18N2O4/c1-3-8-15-13(17)9-16-14(18)10-20-12-7-5-4-6-11(12)19-2/h3-7H,1,8-10H2,2H3,(H,15,17)(H,16,18). The summed E-state index contributed by atoms with van der Waals surface area (Å²) in [6, 6.07) is 7.01. The van der Waals surface area contributed by atoms with Gasteiger partial charge in [-0.2, -0.15) is 0 Å². The van der Waals surface area contributed by atoms with Crippen LogP contribution in [0.15, 0.2) is 36.9 Å². The van der Waals surface area contributed by atoms with E-state index in [1.54, 1.807) is 30.3 Å². The number of amides is 2. The van der Waals surface area contributed by atoms with Gasteiger partial charge in [0.2, 0.25) is 5.91 Å². The summed E-state index contributed by atoms with van der Waals surface area (Å²) in [6.45, 7) is 3.56. The largest absolute Gasteiger partial charge is 0.493 e. The van der Waals surface area contributed by atoms with Crippen molar-refractivity contribution in [3.05, 3.63) is 36.9 Å². The minimum Gasteiger partial charge on any atom is -0.493 e. The minimum absolute atomic E-state index is 0.0953. The van der Waals surface area contributed by atoms with Crippen LogP contribution in [0.25, 0.3) is 0 Å². The van der Waals surface area contributed by atoms with Crippen LogP contribution in [0.3, 0.4) is 0 Å². The lowest BCUT2D eigenvalue weighted by Gasteiger charge is -2.10. The fourth-order valence-corrected chi connectivity index (χ4v) is 1.36. The molecule has 2 N–H and O–H groups in total. The van der Waals surface area contributed by atoms with E-state index in [0.717, 1.165) is 0 Å². The summed E-state index contributed by atoms with van der Waals surface area (Å²) in [7, 11) is 1.52. The summed E-state index contributed by atoms with van der Waals surface area (Å²) >= 11 is 0. The maximum absolute atomic E-state index is 11.5. The van der Waals surface area contributed by atoms with Crippen molar-refractivity contribution in [1.29, 1.82) is 0 Å². The summed E-state index contributed by atoms with van der Waals surface area (Å²) in [5, 5.41) is 5.00. The molecule has 1 rings (SSSR count). The van der Waals surface area contributed by atoms with Gasteiger partial charge in [0, 0.05) is 6.54 Å². The monoisotopic (exact) mass is 278 g/mol. The van der Waals surface area contributed by atoms with Crippen molar-refractivity contribution in [3.8, 4) is 11.5 Å². The second-order valence-corrected chi connectivity index (χ2v) is 3.81. The topological polar surface area (TPSA) is 76.7 Å². The molecule has 2 amide bonds. The lowest BCUT2D eigenvalue weighted by molar-refractivity contribution is -0.127. The highest BCUT2D eigenvalue weighted by Gasteiger charge is 2.08. The van der Waals surface area contributed by atoms with Crippen molar-refractivity contribution in [1.82, 2.24) is 10.6 Å². The number of carbonyl (C=O) groups excluding carboxylic acids is 2. The summed E-state index contributed by atoms with van der Waals surface area (Å²) in [5.74, 6) is 0.352. The van der Waals surface area contributed by atoms with Crippen LogP contribution in [-0.4, -0.2) is 38.6 Å². The molecule has 1 aromatic carbocycles. The van der Waals surface area contributed by atoms with Gasteiger partial charge >= 0.3 is 0 Å². The highest BCUT2D eigenvalue weighted by molar-refractivity contribution is 5.85. The van der Waals surface area contributed by atoms with E-state index in [2.05, 4.69) is 17.2 Å². The zero-order chi connectivity index (χ0) is 14.8. The number of rotatable bonds is 8. The number of methoxy groups -OCH3 is 1. The van der Waals surface area contributed by atoms with E-state index in [1.807, 2.05) is 0 Å². The van der Waals surface area contributed by atoms with Crippen molar-refractivity contribution >= 4 is 11.8 Å². The lowest BCUT2D eigenvalue weighted by Crippen LogP contribution is -2.38. The van der Waals surface area contributed by atoms with Crippen molar-refractivity contribution in [2.45, 2.75) is 0 Å². The van der Waals surface area contributed by atoms with Gasteiger partial charge in [-0.1, -0.05) is 18.2 Å². The molecule has 0 aliphatic rings. The van der Waals surface area contributed by atoms with Crippen LogP contribution in [0.1, 0.15) is 0 Å². The SMILES string of the molecule is C=CCNC(=O)CNC(=O)COc1ccccc1OC. The first-order valence-electron chi connectivity index (χ1n) is 6.07. The van der Waals surface area contributed by atoms with Gasteiger partial charge in [0.15, 0.2) is 18.1 Å². The summed E-state index contributed by atoms with van der Waals surface area (Å²) < 4.78 is 10.4. The van der Waals surface area contributed by atoms with E-state index < -0.39 is 0 Å². The number of benzene rings is 1. The molecule has 6 heteroatoms. The average Bonchev–Trinajstić information content (AvgIpc) is 2.48. The third-order valence-electron chi connectivity index (χ3n) is 2.32. The Labute approximate surface area is 117 Å². The normalized spacial score (nSPS) is 9.45. The van der Waals surface area contributed by atoms with Crippen LogP contribution >= 0.6 is 0 Å². The van der Waals surface area contributed by atoms with E-state index in [4.69, 9.17) is 9.47 Å². The average molecular weight is 278 g/mol. The lowest BCUT2D eigenvalue weighted by atomic mass is 10.3. The Kier molecular flexibility index (Phi) is 6.67. The zero-order valence-electron chi connectivity index (χ0n) is 11.3. The second-order valence-electron chi connectivity index (χ2n) is 3.81. The molecule has 6 nitrogen and oxygen atoms in total. The van der Waals surface area contributed by atoms with Crippen LogP contribution in [0.5, 0.6) is 11.5 Å². The van der Waals surface area contributed by atoms with E-state index in [-0.39, 0.29) is 25.0 Å². The molecule has 1 aromatic rings. The third-order valence-corrected chi connectivity index (χ3v) is 2.32. The Hall–Kier alpha value is -2.50. The Morgan fingerprint density at radius 2 is 1.90 bits per heavy atom. The number of nitrogens with one attached hydrogen (secondary N) is 2. The molecule has 0 atom stereocenters. The van der Waals surface area contributed by atoms with Gasteiger partial charge in [0.25, 0.3) is 5.91 Å². The fraction of sp³-hybridized carbons (Fsp3) is 0.286. The molecule has 0 heterocycles. The molecule has 108 valence electrons. The first kappa shape index (κ1) is 15.6. The number of carbonyl (C=O) groups is 2. The van der Waals surface area contributed by atoms with Gasteiger partial charge in [-0.3, -0.25) is 9.59 Å². The summed E-state index contributed by atoms with van der Waals surface area (Å²) in [6.07, 6.45) is 1.56. The van der Waals surface area contributed by atoms with Gasteiger partial charge in [0.1, 0.15) is 0 Å². The molecule has 20 heavy (non-hydrogen) atoms. The second kappa shape index (κ2) is 8.58. The first-order chi connectivity index (χ1) is 9.67. The Bertz CT molecular complexity index is 474. The van der Waals surface area contributed by atoms with Gasteiger partial charge in [-0.15, -0.1) is 6.58 Å². The van der Waals surface area contributed by atoms with Crippen LogP contribution in [-0.2, 0) is 9.59 Å². The molecular formula is C14H18N2O4. The molecule has 0 radical (unpaired) electrons. The highest BCUT2D eigenvalue weighted by Crippen LogP contribution is 2.25. The number of para-hydroxylation sites is 2. The molecule has 0 saturated heterocycles. The van der Waals surface area contributed by atoms with Gasteiger partial charge in [0.05, 0.1) is 13.7 Å². The molecule has 0 fully saturated rings. The highest BCUT2D eigenvalue weighted by atomic mass is 16.5. The Morgan fingerprint density at radius 3 is 2.55 bits per heavy atom. The smallest absolute Gasteiger partial charge is 0.258 e. The maximum atomic E-state index is 11.5. The molecular weight excluding hydrogens is 260 g/mol. The van der Waals surface area contributed by atoms with Crippen molar-refractivity contribution in [3.63, 3.8) is 0 Å². The van der Waals surface area contributed by atoms with Gasteiger partial charge in [-0.05, 0) is 12.1 Å². The quantitative estimate of drug-likeness (QED) is 0.679. The molecule has 0 unspecified atom stereocenters. The van der Waals surface area contributed by atoms with Crippen LogP contribution in [0.2, 0.25) is 0 Å². The molecule has 0 bridgehead atoms. The van der Waals surface area contributed by atoms with Crippen molar-refractivity contribution < 1.29 is 19.1 Å². The van der Waals surface area contributed by atoms with Crippen molar-refractivity contribution in [2.24, 2.45) is 0 Å². The van der Waals surface area contributed by atoms with Gasteiger partial charge in [-0.25, -0.2) is 0 Å². The molecule has 0 saturated carbocycles. The predicted octanol–water partition coefficient (Wildman–Crippen LogP) is 0.492. The van der Waals surface area contributed by atoms with E-state index in [0.29, 0.717) is 18.0 Å². The third kappa shape index (κ3) is 5.43. The number of ether oxygens (including phenoxy) is 2. The summed E-state index contributed by atoms with van der Waals surface area (Å²) in [4.78, 5) is 22.8. The Balaban J connectivity index is 2.32. The molecule has 0 spiro atoms. The maximum Gasteiger partial charge on any atom is 0.258 e. The van der Waals surface area contributed by atoms with E-state index in [9.17, 15) is 9.59 Å². The van der Waals surface area contributed by atoms with Gasteiger partial charge < -0.3 is 20.1 Å². The first-order valence-corrected chi connectivity index (χ1v) is 6.07. The zero-order valence-corrected chi connectivity index (χ0v) is 11.3. The number of hydrogen-bond acceptors (Lipinski definition) is 4. The Morgan fingerprint density at radius 1 is 1.20 bits per heavy atom.